The second kappa shape index (κ2) is 7.94. The fourth-order valence-electron chi connectivity index (χ4n) is 3.08. The van der Waals surface area contributed by atoms with E-state index in [9.17, 15) is 14.9 Å². The van der Waals surface area contributed by atoms with Gasteiger partial charge in [-0.3, -0.25) is 14.9 Å². The number of carbonyl (C=O) groups excluding carboxylic acids is 1. The zero-order valence-electron chi connectivity index (χ0n) is 15.1. The molecule has 0 N–H and O–H groups in total. The van der Waals surface area contributed by atoms with Crippen molar-refractivity contribution in [2.24, 2.45) is 0 Å². The molecule has 0 spiro atoms. The molecule has 7 nitrogen and oxygen atoms in total. The van der Waals surface area contributed by atoms with Gasteiger partial charge in [-0.25, -0.2) is 0 Å². The van der Waals surface area contributed by atoms with E-state index in [1.165, 1.54) is 12.1 Å². The summed E-state index contributed by atoms with van der Waals surface area (Å²) in [6, 6.07) is 11.7. The lowest BCUT2D eigenvalue weighted by atomic mass is 10.1. The standard InChI is InChI=1S/C19H20ClN3O4/c1-21(2)17-8-7-15(23(25)26)11-16(17)19(24)22-9-10-27-18(12-22)13-3-5-14(20)6-4-13/h3-8,11,18H,9-10,12H2,1-2H3. The van der Waals surface area contributed by atoms with Crippen LogP contribution in [0.2, 0.25) is 5.02 Å². The van der Waals surface area contributed by atoms with Crippen molar-refractivity contribution in [2.75, 3.05) is 38.7 Å². The molecule has 27 heavy (non-hydrogen) atoms. The molecule has 0 radical (unpaired) electrons. The second-order valence-electron chi connectivity index (χ2n) is 6.52. The molecule has 1 atom stereocenters. The normalized spacial score (nSPS) is 16.9. The first-order chi connectivity index (χ1) is 12.9. The monoisotopic (exact) mass is 389 g/mol. The molecule has 1 saturated heterocycles. The third-order valence-corrected chi connectivity index (χ3v) is 4.75. The number of nitrogens with zero attached hydrogens (tertiary/aromatic N) is 3. The van der Waals surface area contributed by atoms with Gasteiger partial charge < -0.3 is 14.5 Å². The average Bonchev–Trinajstić information content (AvgIpc) is 2.67. The number of hydrogen-bond donors (Lipinski definition) is 0. The van der Waals surface area contributed by atoms with E-state index in [4.69, 9.17) is 16.3 Å². The van der Waals surface area contributed by atoms with Gasteiger partial charge in [0.1, 0.15) is 6.10 Å². The molecular weight excluding hydrogens is 370 g/mol. The van der Waals surface area contributed by atoms with Gasteiger partial charge in [-0.2, -0.15) is 0 Å². The summed E-state index contributed by atoms with van der Waals surface area (Å²) in [6.45, 7) is 1.19. The highest BCUT2D eigenvalue weighted by atomic mass is 35.5. The van der Waals surface area contributed by atoms with E-state index >= 15 is 0 Å². The van der Waals surface area contributed by atoms with Crippen LogP contribution in [0, 0.1) is 10.1 Å². The fraction of sp³-hybridized carbons (Fsp3) is 0.316. The number of halogens is 1. The van der Waals surface area contributed by atoms with Crippen molar-refractivity contribution in [2.45, 2.75) is 6.10 Å². The number of carbonyl (C=O) groups is 1. The van der Waals surface area contributed by atoms with E-state index in [1.54, 1.807) is 42.1 Å². The maximum atomic E-state index is 13.1. The molecule has 1 fully saturated rings. The number of nitro groups is 1. The highest BCUT2D eigenvalue weighted by Gasteiger charge is 2.28. The van der Waals surface area contributed by atoms with Crippen LogP contribution < -0.4 is 4.90 Å². The van der Waals surface area contributed by atoms with Crippen molar-refractivity contribution >= 4 is 28.9 Å². The van der Waals surface area contributed by atoms with Crippen LogP contribution in [0.3, 0.4) is 0 Å². The van der Waals surface area contributed by atoms with Crippen molar-refractivity contribution in [3.63, 3.8) is 0 Å². The number of hydrogen-bond acceptors (Lipinski definition) is 5. The van der Waals surface area contributed by atoms with Crippen molar-refractivity contribution in [3.05, 3.63) is 68.7 Å². The molecule has 1 aliphatic heterocycles. The van der Waals surface area contributed by atoms with Gasteiger partial charge >= 0.3 is 0 Å². The van der Waals surface area contributed by atoms with Crippen molar-refractivity contribution < 1.29 is 14.5 Å². The Balaban J connectivity index is 1.87. The third kappa shape index (κ3) is 4.20. The molecule has 1 aliphatic rings. The van der Waals surface area contributed by atoms with E-state index in [-0.39, 0.29) is 17.7 Å². The van der Waals surface area contributed by atoms with Crippen LogP contribution in [0.4, 0.5) is 11.4 Å². The Bertz CT molecular complexity index is 855. The molecule has 0 saturated carbocycles. The lowest BCUT2D eigenvalue weighted by Crippen LogP contribution is -2.42. The van der Waals surface area contributed by atoms with E-state index < -0.39 is 4.92 Å². The number of non-ortho nitro benzene ring substituents is 1. The number of nitro benzene ring substituents is 1. The molecule has 3 rings (SSSR count). The number of morpholine rings is 1. The van der Waals surface area contributed by atoms with Crippen LogP contribution in [0.15, 0.2) is 42.5 Å². The quantitative estimate of drug-likeness (QED) is 0.590. The minimum atomic E-state index is -0.494. The minimum absolute atomic E-state index is 0.105. The van der Waals surface area contributed by atoms with Crippen LogP contribution in [0.25, 0.3) is 0 Å². The molecular formula is C19H20ClN3O4. The van der Waals surface area contributed by atoms with Crippen LogP contribution in [0.5, 0.6) is 0 Å². The predicted octanol–water partition coefficient (Wildman–Crippen LogP) is 3.53. The predicted molar refractivity (Wildman–Crippen MR) is 103 cm³/mol. The first-order valence-electron chi connectivity index (χ1n) is 8.49. The summed E-state index contributed by atoms with van der Waals surface area (Å²) in [4.78, 5) is 27.2. The number of ether oxygens (including phenoxy) is 1. The zero-order valence-corrected chi connectivity index (χ0v) is 15.8. The first kappa shape index (κ1) is 19.1. The molecule has 1 unspecified atom stereocenters. The maximum Gasteiger partial charge on any atom is 0.270 e. The van der Waals surface area contributed by atoms with Gasteiger partial charge in [0.05, 0.1) is 23.6 Å². The Labute approximate surface area is 162 Å². The zero-order chi connectivity index (χ0) is 19.6. The molecule has 2 aromatic rings. The van der Waals surface area contributed by atoms with Gasteiger partial charge in [-0.05, 0) is 23.8 Å². The number of anilines is 1. The molecule has 1 heterocycles. The summed E-state index contributed by atoms with van der Waals surface area (Å²) in [7, 11) is 3.60. The Kier molecular flexibility index (Phi) is 5.62. The summed E-state index contributed by atoms with van der Waals surface area (Å²) in [5, 5.41) is 11.8. The topological polar surface area (TPSA) is 75.9 Å². The Hall–Kier alpha value is -2.64. The smallest absolute Gasteiger partial charge is 0.270 e. The molecule has 0 aliphatic carbocycles. The van der Waals surface area contributed by atoms with E-state index in [2.05, 4.69) is 0 Å². The fourth-order valence-corrected chi connectivity index (χ4v) is 3.21. The summed E-state index contributed by atoms with van der Waals surface area (Å²) in [6.07, 6.45) is -0.263. The van der Waals surface area contributed by atoms with Crippen LogP contribution in [-0.4, -0.2) is 49.5 Å². The van der Waals surface area contributed by atoms with E-state index in [0.29, 0.717) is 36.0 Å². The molecule has 0 aromatic heterocycles. The first-order valence-corrected chi connectivity index (χ1v) is 8.86. The highest BCUT2D eigenvalue weighted by Crippen LogP contribution is 2.29. The molecule has 0 bridgehead atoms. The lowest BCUT2D eigenvalue weighted by Gasteiger charge is -2.34. The van der Waals surface area contributed by atoms with Gasteiger partial charge in [0.25, 0.3) is 11.6 Å². The van der Waals surface area contributed by atoms with Gasteiger partial charge in [0.15, 0.2) is 0 Å². The largest absolute Gasteiger partial charge is 0.377 e. The van der Waals surface area contributed by atoms with E-state index in [0.717, 1.165) is 5.56 Å². The molecule has 2 aromatic carbocycles. The molecule has 142 valence electrons. The summed E-state index contributed by atoms with van der Waals surface area (Å²) >= 11 is 5.93. The van der Waals surface area contributed by atoms with Gasteiger partial charge in [-0.15, -0.1) is 0 Å². The van der Waals surface area contributed by atoms with Crippen LogP contribution in [-0.2, 0) is 4.74 Å². The van der Waals surface area contributed by atoms with Crippen LogP contribution >= 0.6 is 11.6 Å². The van der Waals surface area contributed by atoms with Crippen molar-refractivity contribution in [3.8, 4) is 0 Å². The lowest BCUT2D eigenvalue weighted by molar-refractivity contribution is -0.384. The van der Waals surface area contributed by atoms with E-state index in [1.807, 2.05) is 12.1 Å². The average molecular weight is 390 g/mol. The van der Waals surface area contributed by atoms with Gasteiger partial charge in [0.2, 0.25) is 0 Å². The van der Waals surface area contributed by atoms with Crippen LogP contribution in [0.1, 0.15) is 22.0 Å². The Morgan fingerprint density at radius 1 is 1.26 bits per heavy atom. The second-order valence-corrected chi connectivity index (χ2v) is 6.95. The molecule has 1 amide bonds. The minimum Gasteiger partial charge on any atom is -0.377 e. The number of rotatable bonds is 4. The summed E-state index contributed by atoms with van der Waals surface area (Å²) in [5.74, 6) is -0.246. The molecule has 8 heteroatoms. The van der Waals surface area contributed by atoms with Gasteiger partial charge in [-0.1, -0.05) is 23.7 Å². The number of benzene rings is 2. The Morgan fingerprint density at radius 2 is 1.96 bits per heavy atom. The maximum absolute atomic E-state index is 13.1. The summed E-state index contributed by atoms with van der Waals surface area (Å²) < 4.78 is 5.80. The van der Waals surface area contributed by atoms with Gasteiger partial charge in [0, 0.05) is 43.5 Å². The Morgan fingerprint density at radius 3 is 2.59 bits per heavy atom. The van der Waals surface area contributed by atoms with Crippen molar-refractivity contribution in [1.82, 2.24) is 4.90 Å². The highest BCUT2D eigenvalue weighted by molar-refractivity contribution is 6.30. The summed E-state index contributed by atoms with van der Waals surface area (Å²) in [5.41, 5.74) is 1.78. The van der Waals surface area contributed by atoms with Crippen molar-refractivity contribution in [1.29, 1.82) is 0 Å². The third-order valence-electron chi connectivity index (χ3n) is 4.50. The SMILES string of the molecule is CN(C)c1ccc([N+](=O)[O-])cc1C(=O)N1CCOC(c2ccc(Cl)cc2)C1. The number of amides is 1.